The van der Waals surface area contributed by atoms with Crippen molar-refractivity contribution in [3.05, 3.63) is 34.4 Å². The van der Waals surface area contributed by atoms with Crippen LogP contribution < -0.4 is 10.2 Å². The molecule has 0 bridgehead atoms. The standard InChI is InChI=1S/C19H26N4O6S/c1-14(19(25)22-10-12-30(28,29)13-11-22)20-18(24)15-6-8-21(9-7-15)16-4-2-3-5-17(16)23(26)27/h2-5,14-15H,6-13H2,1H3,(H,20,24). The number of benzene rings is 1. The number of carbonyl (C=O) groups is 2. The van der Waals surface area contributed by atoms with Crippen LogP contribution >= 0.6 is 0 Å². The van der Waals surface area contributed by atoms with Gasteiger partial charge in [-0.3, -0.25) is 19.7 Å². The molecule has 0 spiro atoms. The fourth-order valence-corrected chi connectivity index (χ4v) is 5.07. The smallest absolute Gasteiger partial charge is 0.292 e. The van der Waals surface area contributed by atoms with Gasteiger partial charge in [0.25, 0.3) is 5.69 Å². The van der Waals surface area contributed by atoms with Gasteiger partial charge in [-0.25, -0.2) is 8.42 Å². The van der Waals surface area contributed by atoms with Crippen molar-refractivity contribution in [3.8, 4) is 0 Å². The van der Waals surface area contributed by atoms with Crippen LogP contribution in [0, 0.1) is 16.0 Å². The lowest BCUT2D eigenvalue weighted by Crippen LogP contribution is -2.53. The molecule has 1 unspecified atom stereocenters. The Morgan fingerprint density at radius 1 is 1.13 bits per heavy atom. The molecule has 0 saturated carbocycles. The summed E-state index contributed by atoms with van der Waals surface area (Å²) < 4.78 is 23.0. The monoisotopic (exact) mass is 438 g/mol. The van der Waals surface area contributed by atoms with Gasteiger partial charge in [0, 0.05) is 38.2 Å². The Hall–Kier alpha value is -2.69. The molecule has 2 aliphatic heterocycles. The molecule has 10 nitrogen and oxygen atoms in total. The van der Waals surface area contributed by atoms with E-state index < -0.39 is 20.8 Å². The van der Waals surface area contributed by atoms with Gasteiger partial charge < -0.3 is 15.1 Å². The van der Waals surface area contributed by atoms with Crippen LogP contribution in [0.15, 0.2) is 24.3 Å². The maximum atomic E-state index is 12.6. The molecule has 2 heterocycles. The Labute approximate surface area is 175 Å². The summed E-state index contributed by atoms with van der Waals surface area (Å²) in [5.74, 6) is -0.883. The van der Waals surface area contributed by atoms with E-state index in [1.807, 2.05) is 4.90 Å². The number of anilines is 1. The van der Waals surface area contributed by atoms with Crippen LogP contribution in [0.25, 0.3) is 0 Å². The number of rotatable bonds is 5. The first-order valence-electron chi connectivity index (χ1n) is 9.96. The summed E-state index contributed by atoms with van der Waals surface area (Å²) in [6.07, 6.45) is 1.06. The molecule has 0 radical (unpaired) electrons. The van der Waals surface area contributed by atoms with Gasteiger partial charge in [-0.05, 0) is 25.8 Å². The van der Waals surface area contributed by atoms with E-state index in [2.05, 4.69) is 5.32 Å². The van der Waals surface area contributed by atoms with E-state index in [1.54, 1.807) is 25.1 Å². The minimum Gasteiger partial charge on any atom is -0.366 e. The van der Waals surface area contributed by atoms with E-state index in [9.17, 15) is 28.1 Å². The zero-order valence-electron chi connectivity index (χ0n) is 16.8. The second-order valence-corrected chi connectivity index (χ2v) is 10.0. The molecule has 30 heavy (non-hydrogen) atoms. The zero-order chi connectivity index (χ0) is 21.9. The Balaban J connectivity index is 1.52. The molecule has 1 N–H and O–H groups in total. The minimum atomic E-state index is -3.08. The Morgan fingerprint density at radius 3 is 2.33 bits per heavy atom. The van der Waals surface area contributed by atoms with Crippen LogP contribution in [0.1, 0.15) is 19.8 Å². The summed E-state index contributed by atoms with van der Waals surface area (Å²) in [6.45, 7) is 2.92. The van der Waals surface area contributed by atoms with Crippen molar-refractivity contribution in [3.63, 3.8) is 0 Å². The summed E-state index contributed by atoms with van der Waals surface area (Å²) in [6, 6.07) is 5.82. The van der Waals surface area contributed by atoms with Gasteiger partial charge in [-0.2, -0.15) is 0 Å². The third-order valence-electron chi connectivity index (χ3n) is 5.67. The molecule has 2 aliphatic rings. The highest BCUT2D eigenvalue weighted by molar-refractivity contribution is 7.91. The number of hydrogen-bond acceptors (Lipinski definition) is 7. The first-order valence-corrected chi connectivity index (χ1v) is 11.8. The van der Waals surface area contributed by atoms with Gasteiger partial charge in [0.1, 0.15) is 11.7 Å². The molecule has 164 valence electrons. The SMILES string of the molecule is CC(NC(=O)C1CCN(c2ccccc2[N+](=O)[O-])CC1)C(=O)N1CCS(=O)(=O)CC1. The second kappa shape index (κ2) is 8.99. The van der Waals surface area contributed by atoms with Gasteiger partial charge >= 0.3 is 0 Å². The summed E-state index contributed by atoms with van der Waals surface area (Å²) in [5.41, 5.74) is 0.591. The first-order chi connectivity index (χ1) is 14.2. The summed E-state index contributed by atoms with van der Waals surface area (Å²) in [5, 5.41) is 14.0. The minimum absolute atomic E-state index is 0.0446. The van der Waals surface area contributed by atoms with Crippen LogP contribution in [0.5, 0.6) is 0 Å². The van der Waals surface area contributed by atoms with Crippen LogP contribution in [0.2, 0.25) is 0 Å². The third kappa shape index (κ3) is 5.07. The van der Waals surface area contributed by atoms with Crippen molar-refractivity contribution in [1.29, 1.82) is 0 Å². The van der Waals surface area contributed by atoms with Gasteiger partial charge in [0.05, 0.1) is 16.4 Å². The molecule has 2 fully saturated rings. The number of carbonyl (C=O) groups excluding carboxylic acids is 2. The number of hydrogen-bond donors (Lipinski definition) is 1. The predicted octanol–water partition coefficient (Wildman–Crippen LogP) is 0.573. The summed E-state index contributed by atoms with van der Waals surface area (Å²) >= 11 is 0. The van der Waals surface area contributed by atoms with E-state index in [-0.39, 0.29) is 48.0 Å². The largest absolute Gasteiger partial charge is 0.366 e. The van der Waals surface area contributed by atoms with E-state index in [0.717, 1.165) is 0 Å². The van der Waals surface area contributed by atoms with Crippen LogP contribution in [-0.2, 0) is 19.4 Å². The Morgan fingerprint density at radius 2 is 1.73 bits per heavy atom. The number of piperidine rings is 1. The zero-order valence-corrected chi connectivity index (χ0v) is 17.6. The number of amides is 2. The van der Waals surface area contributed by atoms with E-state index in [1.165, 1.54) is 11.0 Å². The van der Waals surface area contributed by atoms with Crippen LogP contribution in [0.3, 0.4) is 0 Å². The maximum Gasteiger partial charge on any atom is 0.292 e. The molecular weight excluding hydrogens is 412 g/mol. The Kier molecular flexibility index (Phi) is 6.59. The lowest BCUT2D eigenvalue weighted by molar-refractivity contribution is -0.384. The average molecular weight is 439 g/mol. The lowest BCUT2D eigenvalue weighted by atomic mass is 9.95. The Bertz CT molecular complexity index is 913. The topological polar surface area (TPSA) is 130 Å². The van der Waals surface area contributed by atoms with E-state index >= 15 is 0 Å². The number of nitro groups is 1. The normalized spacial score (nSPS) is 20.4. The van der Waals surface area contributed by atoms with E-state index in [0.29, 0.717) is 31.6 Å². The number of nitrogens with zero attached hydrogens (tertiary/aromatic N) is 3. The van der Waals surface area contributed by atoms with Gasteiger partial charge in [-0.15, -0.1) is 0 Å². The van der Waals surface area contributed by atoms with Gasteiger partial charge in [0.2, 0.25) is 11.8 Å². The molecule has 1 atom stereocenters. The molecule has 3 rings (SSSR count). The number of sulfone groups is 1. The van der Waals surface area contributed by atoms with Gasteiger partial charge in [-0.1, -0.05) is 12.1 Å². The quantitative estimate of drug-likeness (QED) is 0.525. The van der Waals surface area contributed by atoms with Crippen molar-refractivity contribution in [2.24, 2.45) is 5.92 Å². The molecule has 1 aromatic rings. The molecule has 0 aliphatic carbocycles. The fourth-order valence-electron chi connectivity index (χ4n) is 3.87. The maximum absolute atomic E-state index is 12.6. The molecule has 0 aromatic heterocycles. The van der Waals surface area contributed by atoms with Crippen LogP contribution in [0.4, 0.5) is 11.4 Å². The van der Waals surface area contributed by atoms with Crippen molar-refractivity contribution < 1.29 is 22.9 Å². The predicted molar refractivity (Wildman–Crippen MR) is 111 cm³/mol. The average Bonchev–Trinajstić information content (AvgIpc) is 2.73. The second-order valence-electron chi connectivity index (χ2n) is 7.71. The van der Waals surface area contributed by atoms with Crippen molar-refractivity contribution in [1.82, 2.24) is 10.2 Å². The van der Waals surface area contributed by atoms with Crippen molar-refractivity contribution in [2.45, 2.75) is 25.8 Å². The number of nitrogens with one attached hydrogen (secondary N) is 1. The summed E-state index contributed by atoms with van der Waals surface area (Å²) in [4.78, 5) is 39.3. The molecule has 2 saturated heterocycles. The van der Waals surface area contributed by atoms with Crippen molar-refractivity contribution >= 4 is 33.0 Å². The molecule has 2 amide bonds. The molecular formula is C19H26N4O6S. The van der Waals surface area contributed by atoms with Crippen molar-refractivity contribution in [2.75, 3.05) is 42.6 Å². The van der Waals surface area contributed by atoms with Gasteiger partial charge in [0.15, 0.2) is 9.84 Å². The van der Waals surface area contributed by atoms with Crippen LogP contribution in [-0.4, -0.2) is 73.8 Å². The third-order valence-corrected chi connectivity index (χ3v) is 7.28. The first kappa shape index (κ1) is 22.0. The highest BCUT2D eigenvalue weighted by Crippen LogP contribution is 2.31. The molecule has 1 aromatic carbocycles. The fraction of sp³-hybridized carbons (Fsp3) is 0.579. The molecule has 11 heteroatoms. The lowest BCUT2D eigenvalue weighted by Gasteiger charge is -2.33. The highest BCUT2D eigenvalue weighted by atomic mass is 32.2. The number of nitro benzene ring substituents is 1. The highest BCUT2D eigenvalue weighted by Gasteiger charge is 2.32. The summed E-state index contributed by atoms with van der Waals surface area (Å²) in [7, 11) is -3.08. The van der Waals surface area contributed by atoms with E-state index in [4.69, 9.17) is 0 Å². The number of para-hydroxylation sites is 2.